The lowest BCUT2D eigenvalue weighted by molar-refractivity contribution is -0.385. The second-order valence-corrected chi connectivity index (χ2v) is 7.21. The van der Waals surface area contributed by atoms with Crippen molar-refractivity contribution in [1.82, 2.24) is 9.80 Å². The zero-order chi connectivity index (χ0) is 20.8. The predicted octanol–water partition coefficient (Wildman–Crippen LogP) is 2.46. The summed E-state index contributed by atoms with van der Waals surface area (Å²) in [4.78, 5) is 26.8. The molecule has 2 aromatic rings. The second kappa shape index (κ2) is 9.69. The van der Waals surface area contributed by atoms with Gasteiger partial charge >= 0.3 is 0 Å². The van der Waals surface area contributed by atoms with Gasteiger partial charge in [-0.05, 0) is 29.8 Å². The minimum absolute atomic E-state index is 0.139. The molecule has 1 amide bonds. The number of carbonyl (C=O) groups is 1. The normalized spacial score (nSPS) is 14.6. The molecular formula is C20H22ClN3O5. The summed E-state index contributed by atoms with van der Waals surface area (Å²) in [5.74, 6) is 0.175. The summed E-state index contributed by atoms with van der Waals surface area (Å²) in [5.41, 5.74) is 1.15. The molecule has 2 aromatic carbocycles. The van der Waals surface area contributed by atoms with Crippen molar-refractivity contribution < 1.29 is 19.6 Å². The number of aliphatic hydroxyl groups excluding tert-OH is 1. The van der Waals surface area contributed by atoms with Crippen LogP contribution in [-0.2, 0) is 17.9 Å². The van der Waals surface area contributed by atoms with Crippen LogP contribution >= 0.6 is 11.6 Å². The monoisotopic (exact) mass is 419 g/mol. The van der Waals surface area contributed by atoms with Gasteiger partial charge in [0.1, 0.15) is 5.75 Å². The Balaban J connectivity index is 1.47. The number of nitrogens with zero attached hydrogens (tertiary/aromatic N) is 3. The van der Waals surface area contributed by atoms with E-state index in [4.69, 9.17) is 16.3 Å². The van der Waals surface area contributed by atoms with Crippen molar-refractivity contribution in [2.45, 2.75) is 13.2 Å². The average Bonchev–Trinajstić information content (AvgIpc) is 2.73. The molecule has 0 aromatic heterocycles. The minimum atomic E-state index is -0.565. The van der Waals surface area contributed by atoms with E-state index in [1.165, 1.54) is 23.8 Å². The van der Waals surface area contributed by atoms with Gasteiger partial charge < -0.3 is 14.7 Å². The van der Waals surface area contributed by atoms with Crippen molar-refractivity contribution in [3.05, 3.63) is 68.7 Å². The fourth-order valence-corrected chi connectivity index (χ4v) is 3.32. The molecule has 29 heavy (non-hydrogen) atoms. The van der Waals surface area contributed by atoms with Crippen molar-refractivity contribution in [3.8, 4) is 5.75 Å². The van der Waals surface area contributed by atoms with Crippen molar-refractivity contribution in [1.29, 1.82) is 0 Å². The van der Waals surface area contributed by atoms with Gasteiger partial charge in [0.2, 0.25) is 0 Å². The van der Waals surface area contributed by atoms with E-state index >= 15 is 0 Å². The van der Waals surface area contributed by atoms with Crippen molar-refractivity contribution >= 4 is 23.2 Å². The van der Waals surface area contributed by atoms with Crippen LogP contribution in [0.3, 0.4) is 0 Å². The Kier molecular flexibility index (Phi) is 7.03. The fraction of sp³-hybridized carbons (Fsp3) is 0.350. The summed E-state index contributed by atoms with van der Waals surface area (Å²) in [6.45, 7) is 2.93. The Morgan fingerprint density at radius 2 is 1.83 bits per heavy atom. The van der Waals surface area contributed by atoms with Crippen molar-refractivity contribution in [3.63, 3.8) is 0 Å². The van der Waals surface area contributed by atoms with Gasteiger partial charge in [0.05, 0.1) is 17.1 Å². The molecule has 1 N–H and O–H groups in total. The molecule has 1 saturated heterocycles. The van der Waals surface area contributed by atoms with Crippen LogP contribution in [0.15, 0.2) is 42.5 Å². The van der Waals surface area contributed by atoms with E-state index in [0.717, 1.165) is 19.6 Å². The van der Waals surface area contributed by atoms with Gasteiger partial charge in [-0.1, -0.05) is 23.7 Å². The van der Waals surface area contributed by atoms with Crippen molar-refractivity contribution in [2.75, 3.05) is 32.8 Å². The number of nitro benzene ring substituents is 1. The van der Waals surface area contributed by atoms with Crippen LogP contribution in [0.2, 0.25) is 5.02 Å². The third-order valence-electron chi connectivity index (χ3n) is 4.82. The van der Waals surface area contributed by atoms with Crippen molar-refractivity contribution in [2.24, 2.45) is 0 Å². The number of hydrogen-bond acceptors (Lipinski definition) is 6. The molecular weight excluding hydrogens is 398 g/mol. The van der Waals surface area contributed by atoms with Crippen LogP contribution in [0, 0.1) is 10.1 Å². The molecule has 1 aliphatic heterocycles. The van der Waals surface area contributed by atoms with Gasteiger partial charge in [0, 0.05) is 43.8 Å². The lowest BCUT2D eigenvalue weighted by atomic mass is 10.2. The summed E-state index contributed by atoms with van der Waals surface area (Å²) >= 11 is 5.91. The van der Waals surface area contributed by atoms with E-state index in [0.29, 0.717) is 23.9 Å². The summed E-state index contributed by atoms with van der Waals surface area (Å²) in [6.07, 6.45) is 0. The lowest BCUT2D eigenvalue weighted by Crippen LogP contribution is -2.49. The number of carbonyl (C=O) groups excluding carboxylic acids is 1. The fourth-order valence-electron chi connectivity index (χ4n) is 3.20. The topological polar surface area (TPSA) is 96.1 Å². The van der Waals surface area contributed by atoms with Gasteiger partial charge in [-0.2, -0.15) is 0 Å². The Labute approximate surface area is 173 Å². The smallest absolute Gasteiger partial charge is 0.275 e. The quantitative estimate of drug-likeness (QED) is 0.547. The first-order chi connectivity index (χ1) is 14.0. The molecule has 0 saturated carbocycles. The molecule has 1 fully saturated rings. The highest BCUT2D eigenvalue weighted by Crippen LogP contribution is 2.24. The molecule has 0 atom stereocenters. The lowest BCUT2D eigenvalue weighted by Gasteiger charge is -2.34. The van der Waals surface area contributed by atoms with Gasteiger partial charge in [0.25, 0.3) is 11.6 Å². The predicted molar refractivity (Wildman–Crippen MR) is 108 cm³/mol. The van der Waals surface area contributed by atoms with E-state index < -0.39 is 11.5 Å². The number of amides is 1. The van der Waals surface area contributed by atoms with Crippen LogP contribution in [0.5, 0.6) is 5.75 Å². The molecule has 0 radical (unpaired) electrons. The Morgan fingerprint density at radius 1 is 1.14 bits per heavy atom. The van der Waals surface area contributed by atoms with E-state index in [-0.39, 0.29) is 23.8 Å². The van der Waals surface area contributed by atoms with Crippen LogP contribution < -0.4 is 4.74 Å². The molecule has 0 aliphatic carbocycles. The standard InChI is InChI=1S/C20H22ClN3O5/c21-17-3-1-15(2-4-17)12-22-7-9-23(10-8-22)20(26)14-29-18-5-6-19(24(27)28)16(11-18)13-25/h1-6,11,25H,7-10,12-14H2. The number of halogens is 1. The maximum absolute atomic E-state index is 12.4. The van der Waals surface area contributed by atoms with Gasteiger partial charge in [-0.25, -0.2) is 0 Å². The highest BCUT2D eigenvalue weighted by atomic mass is 35.5. The van der Waals surface area contributed by atoms with E-state index in [9.17, 15) is 20.0 Å². The summed E-state index contributed by atoms with van der Waals surface area (Å²) in [5, 5.41) is 20.9. The molecule has 8 nitrogen and oxygen atoms in total. The number of ether oxygens (including phenoxy) is 1. The number of aliphatic hydroxyl groups is 1. The van der Waals surface area contributed by atoms with E-state index in [1.54, 1.807) is 4.90 Å². The molecule has 0 bridgehead atoms. The van der Waals surface area contributed by atoms with Gasteiger partial charge in [0.15, 0.2) is 6.61 Å². The van der Waals surface area contributed by atoms with Gasteiger partial charge in [-0.3, -0.25) is 19.8 Å². The Bertz CT molecular complexity index is 867. The number of rotatable bonds is 7. The van der Waals surface area contributed by atoms with Crippen LogP contribution in [0.25, 0.3) is 0 Å². The molecule has 3 rings (SSSR count). The average molecular weight is 420 g/mol. The summed E-state index contributed by atoms with van der Waals surface area (Å²) < 4.78 is 5.48. The first-order valence-electron chi connectivity index (χ1n) is 9.22. The van der Waals surface area contributed by atoms with Crippen LogP contribution in [0.4, 0.5) is 5.69 Å². The maximum Gasteiger partial charge on any atom is 0.275 e. The van der Waals surface area contributed by atoms with E-state index in [1.807, 2.05) is 24.3 Å². The number of piperazine rings is 1. The van der Waals surface area contributed by atoms with E-state index in [2.05, 4.69) is 4.90 Å². The first-order valence-corrected chi connectivity index (χ1v) is 9.59. The Morgan fingerprint density at radius 3 is 2.45 bits per heavy atom. The second-order valence-electron chi connectivity index (χ2n) is 6.78. The highest BCUT2D eigenvalue weighted by molar-refractivity contribution is 6.30. The third kappa shape index (κ3) is 5.66. The molecule has 9 heteroatoms. The molecule has 154 valence electrons. The molecule has 0 spiro atoms. The number of hydrogen-bond donors (Lipinski definition) is 1. The molecule has 1 aliphatic rings. The zero-order valence-electron chi connectivity index (χ0n) is 15.8. The zero-order valence-corrected chi connectivity index (χ0v) is 16.5. The SMILES string of the molecule is O=C(COc1ccc([N+](=O)[O-])c(CO)c1)N1CCN(Cc2ccc(Cl)cc2)CC1. The number of nitro groups is 1. The molecule has 1 heterocycles. The maximum atomic E-state index is 12.4. The summed E-state index contributed by atoms with van der Waals surface area (Å²) in [6, 6.07) is 11.8. The molecule has 0 unspecified atom stereocenters. The third-order valence-corrected chi connectivity index (χ3v) is 5.08. The minimum Gasteiger partial charge on any atom is -0.484 e. The Hall–Kier alpha value is -2.68. The van der Waals surface area contributed by atoms with Crippen LogP contribution in [-0.4, -0.2) is 58.5 Å². The van der Waals surface area contributed by atoms with Gasteiger partial charge in [-0.15, -0.1) is 0 Å². The summed E-state index contributed by atoms with van der Waals surface area (Å²) in [7, 11) is 0. The highest BCUT2D eigenvalue weighted by Gasteiger charge is 2.22. The largest absolute Gasteiger partial charge is 0.484 e. The van der Waals surface area contributed by atoms with Crippen LogP contribution in [0.1, 0.15) is 11.1 Å². The number of benzene rings is 2. The first kappa shape index (κ1) is 21.0.